The second-order valence-corrected chi connectivity index (χ2v) is 7.69. The lowest BCUT2D eigenvalue weighted by molar-refractivity contribution is 0.0193. The first kappa shape index (κ1) is 18.1. The maximum Gasteiger partial charge on any atom is 0.257 e. The Hall–Kier alpha value is -1.70. The number of nitrogens with one attached hydrogen (secondary N) is 1. The number of hydrogen-bond donors (Lipinski definition) is 1. The molecule has 1 aliphatic heterocycles. The number of ether oxygens (including phenoxy) is 2. The van der Waals surface area contributed by atoms with Crippen molar-refractivity contribution < 1.29 is 9.47 Å². The number of hydrogen-bond acceptors (Lipinski definition) is 7. The summed E-state index contributed by atoms with van der Waals surface area (Å²) >= 11 is 1.85. The third kappa shape index (κ3) is 4.90. The van der Waals surface area contributed by atoms with Gasteiger partial charge >= 0.3 is 0 Å². The predicted molar refractivity (Wildman–Crippen MR) is 100 cm³/mol. The van der Waals surface area contributed by atoms with Gasteiger partial charge in [-0.3, -0.25) is 4.90 Å². The Bertz CT molecular complexity index is 671. The Morgan fingerprint density at radius 1 is 1.24 bits per heavy atom. The molecule has 0 spiro atoms. The van der Waals surface area contributed by atoms with Gasteiger partial charge in [0.1, 0.15) is 0 Å². The predicted octanol–water partition coefficient (Wildman–Crippen LogP) is 3.12. The molecule has 1 aliphatic rings. The van der Waals surface area contributed by atoms with Gasteiger partial charge in [-0.05, 0) is 32.9 Å². The Kier molecular flexibility index (Phi) is 6.23. The van der Waals surface area contributed by atoms with Crippen LogP contribution in [-0.4, -0.2) is 53.8 Å². The Balaban J connectivity index is 1.74. The average molecular weight is 362 g/mol. The van der Waals surface area contributed by atoms with Gasteiger partial charge in [-0.2, -0.15) is 0 Å². The first-order chi connectivity index (χ1) is 12.1. The maximum atomic E-state index is 5.77. The van der Waals surface area contributed by atoms with Crippen LogP contribution in [0.2, 0.25) is 0 Å². The number of anilines is 1. The molecule has 1 N–H and O–H groups in total. The molecule has 6 nitrogen and oxygen atoms in total. The second-order valence-electron chi connectivity index (χ2n) is 6.37. The molecule has 2 aromatic heterocycles. The minimum absolute atomic E-state index is 0.0623. The molecule has 1 atom stereocenters. The van der Waals surface area contributed by atoms with E-state index in [1.165, 1.54) is 9.75 Å². The van der Waals surface area contributed by atoms with Crippen molar-refractivity contribution in [3.8, 4) is 5.88 Å². The maximum absolute atomic E-state index is 5.77. The number of aryl methyl sites for hydroxylation is 1. The molecule has 0 amide bonds. The molecule has 1 saturated heterocycles. The van der Waals surface area contributed by atoms with Gasteiger partial charge in [-0.15, -0.1) is 11.3 Å². The highest BCUT2D eigenvalue weighted by molar-refractivity contribution is 7.12. The molecule has 25 heavy (non-hydrogen) atoms. The zero-order valence-electron chi connectivity index (χ0n) is 15.1. The van der Waals surface area contributed by atoms with E-state index in [1.807, 2.05) is 25.2 Å². The van der Waals surface area contributed by atoms with Crippen LogP contribution in [0.1, 0.15) is 29.6 Å². The summed E-state index contributed by atoms with van der Waals surface area (Å²) in [5.74, 6) is 1.25. The summed E-state index contributed by atoms with van der Waals surface area (Å²) in [5.41, 5.74) is 0. The highest BCUT2D eigenvalue weighted by atomic mass is 32.1. The molecule has 0 aliphatic carbocycles. The molecular formula is C18H26N4O2S. The minimum Gasteiger partial charge on any atom is -0.472 e. The summed E-state index contributed by atoms with van der Waals surface area (Å²) in [7, 11) is 0. The molecule has 0 aromatic carbocycles. The van der Waals surface area contributed by atoms with Gasteiger partial charge in [-0.1, -0.05) is 0 Å². The summed E-state index contributed by atoms with van der Waals surface area (Å²) in [6, 6.07) is 4.70. The number of nitrogens with zero attached hydrogens (tertiary/aromatic N) is 3. The summed E-state index contributed by atoms with van der Waals surface area (Å²) in [6.45, 7) is 10.3. The third-order valence-electron chi connectivity index (χ3n) is 4.05. The molecule has 136 valence electrons. The fourth-order valence-corrected chi connectivity index (χ4v) is 3.89. The van der Waals surface area contributed by atoms with Crippen LogP contribution >= 0.6 is 11.3 Å². The number of rotatable bonds is 7. The normalized spacial score (nSPS) is 16.8. The first-order valence-corrected chi connectivity index (χ1v) is 9.55. The molecule has 1 fully saturated rings. The SMILES string of the molecule is Cc1ccc(C(CNc2nccnc2OC(C)C)N2CCOCC2)s1. The van der Waals surface area contributed by atoms with Gasteiger partial charge in [0.2, 0.25) is 0 Å². The fraction of sp³-hybridized carbons (Fsp3) is 0.556. The summed E-state index contributed by atoms with van der Waals surface area (Å²) in [4.78, 5) is 13.9. The van der Waals surface area contributed by atoms with E-state index in [9.17, 15) is 0 Å². The van der Waals surface area contributed by atoms with Crippen molar-refractivity contribution in [2.75, 3.05) is 38.2 Å². The van der Waals surface area contributed by atoms with Crippen molar-refractivity contribution in [2.45, 2.75) is 32.9 Å². The van der Waals surface area contributed by atoms with E-state index >= 15 is 0 Å². The fourth-order valence-electron chi connectivity index (χ4n) is 2.88. The average Bonchev–Trinajstić information content (AvgIpc) is 3.03. The van der Waals surface area contributed by atoms with E-state index in [2.05, 4.69) is 39.2 Å². The third-order valence-corrected chi connectivity index (χ3v) is 5.15. The van der Waals surface area contributed by atoms with E-state index in [1.54, 1.807) is 12.4 Å². The van der Waals surface area contributed by atoms with E-state index in [4.69, 9.17) is 9.47 Å². The van der Waals surface area contributed by atoms with Gasteiger partial charge < -0.3 is 14.8 Å². The monoisotopic (exact) mass is 362 g/mol. The van der Waals surface area contributed by atoms with Crippen LogP contribution in [0.4, 0.5) is 5.82 Å². The van der Waals surface area contributed by atoms with E-state index < -0.39 is 0 Å². The van der Waals surface area contributed by atoms with E-state index in [0.717, 1.165) is 32.8 Å². The van der Waals surface area contributed by atoms with Crippen LogP contribution in [0.5, 0.6) is 5.88 Å². The lowest BCUT2D eigenvalue weighted by Gasteiger charge is -2.34. The van der Waals surface area contributed by atoms with E-state index in [-0.39, 0.29) is 12.1 Å². The van der Waals surface area contributed by atoms with E-state index in [0.29, 0.717) is 11.7 Å². The van der Waals surface area contributed by atoms with Crippen LogP contribution < -0.4 is 10.1 Å². The zero-order valence-corrected chi connectivity index (χ0v) is 15.9. The largest absolute Gasteiger partial charge is 0.472 e. The molecule has 1 unspecified atom stereocenters. The van der Waals surface area contributed by atoms with Gasteiger partial charge in [0.25, 0.3) is 5.88 Å². The number of thiophene rings is 1. The number of aromatic nitrogens is 2. The van der Waals surface area contributed by atoms with Crippen molar-refractivity contribution in [3.05, 3.63) is 34.3 Å². The molecule has 3 heterocycles. The first-order valence-electron chi connectivity index (χ1n) is 8.73. The topological polar surface area (TPSA) is 59.5 Å². The molecular weight excluding hydrogens is 336 g/mol. The van der Waals surface area contributed by atoms with Crippen LogP contribution in [0.25, 0.3) is 0 Å². The second kappa shape index (κ2) is 8.60. The summed E-state index contributed by atoms with van der Waals surface area (Å²) in [5, 5.41) is 3.45. The lowest BCUT2D eigenvalue weighted by Crippen LogP contribution is -2.41. The number of morpholine rings is 1. The van der Waals surface area contributed by atoms with Crippen molar-refractivity contribution >= 4 is 17.2 Å². The van der Waals surface area contributed by atoms with Crippen molar-refractivity contribution in [1.82, 2.24) is 14.9 Å². The summed E-state index contributed by atoms with van der Waals surface area (Å²) in [6.07, 6.45) is 3.41. The van der Waals surface area contributed by atoms with Crippen molar-refractivity contribution in [2.24, 2.45) is 0 Å². The Labute approximate surface area is 153 Å². The van der Waals surface area contributed by atoms with Crippen molar-refractivity contribution in [3.63, 3.8) is 0 Å². The smallest absolute Gasteiger partial charge is 0.257 e. The van der Waals surface area contributed by atoms with Gasteiger partial charge in [0.05, 0.1) is 25.4 Å². The molecule has 3 rings (SSSR count). The van der Waals surface area contributed by atoms with Crippen LogP contribution in [0, 0.1) is 6.92 Å². The zero-order chi connectivity index (χ0) is 17.6. The van der Waals surface area contributed by atoms with Crippen LogP contribution in [0.15, 0.2) is 24.5 Å². The Morgan fingerprint density at radius 3 is 2.68 bits per heavy atom. The molecule has 0 bridgehead atoms. The van der Waals surface area contributed by atoms with Crippen molar-refractivity contribution in [1.29, 1.82) is 0 Å². The lowest BCUT2D eigenvalue weighted by atomic mass is 10.2. The molecule has 7 heteroatoms. The standard InChI is InChI=1S/C18H26N4O2S/c1-13(2)24-18-17(19-6-7-20-18)21-12-15(16-5-4-14(3)25-16)22-8-10-23-11-9-22/h4-7,13,15H,8-12H2,1-3H3,(H,19,21). The van der Waals surface area contributed by atoms with Gasteiger partial charge in [-0.25, -0.2) is 9.97 Å². The highest BCUT2D eigenvalue weighted by Gasteiger charge is 2.24. The van der Waals surface area contributed by atoms with Crippen LogP contribution in [0.3, 0.4) is 0 Å². The summed E-state index contributed by atoms with van der Waals surface area (Å²) < 4.78 is 11.3. The highest BCUT2D eigenvalue weighted by Crippen LogP contribution is 2.29. The molecule has 2 aromatic rings. The Morgan fingerprint density at radius 2 is 2.00 bits per heavy atom. The van der Waals surface area contributed by atoms with Gasteiger partial charge in [0, 0.05) is 41.8 Å². The molecule has 0 saturated carbocycles. The minimum atomic E-state index is 0.0623. The van der Waals surface area contributed by atoms with Crippen LogP contribution in [-0.2, 0) is 4.74 Å². The quantitative estimate of drug-likeness (QED) is 0.817. The molecule has 0 radical (unpaired) electrons. The van der Waals surface area contributed by atoms with Gasteiger partial charge in [0.15, 0.2) is 5.82 Å².